The van der Waals surface area contributed by atoms with Crippen LogP contribution in [0.15, 0.2) is 0 Å². The number of halogens is 1. The van der Waals surface area contributed by atoms with E-state index in [0.29, 0.717) is 5.41 Å². The van der Waals surface area contributed by atoms with E-state index in [2.05, 4.69) is 6.92 Å². The minimum absolute atomic E-state index is 0.345. The van der Waals surface area contributed by atoms with Gasteiger partial charge in [-0.2, -0.15) is 0 Å². The van der Waals surface area contributed by atoms with Gasteiger partial charge in [0.05, 0.1) is 6.61 Å². The van der Waals surface area contributed by atoms with Crippen molar-refractivity contribution in [2.45, 2.75) is 20.3 Å². The van der Waals surface area contributed by atoms with Crippen molar-refractivity contribution < 1.29 is 4.74 Å². The van der Waals surface area contributed by atoms with Crippen LogP contribution in [-0.4, -0.2) is 19.1 Å². The van der Waals surface area contributed by atoms with Gasteiger partial charge in [0.15, 0.2) is 0 Å². The average Bonchev–Trinajstić information content (AvgIpc) is 2.59. The maximum atomic E-state index is 5.81. The molecule has 2 atom stereocenters. The molecule has 2 unspecified atom stereocenters. The SMILES string of the molecule is CCOCC1(CCl)CC1C. The van der Waals surface area contributed by atoms with Gasteiger partial charge in [-0.05, 0) is 19.3 Å². The van der Waals surface area contributed by atoms with Gasteiger partial charge in [0, 0.05) is 17.9 Å². The van der Waals surface area contributed by atoms with E-state index in [1.165, 1.54) is 6.42 Å². The van der Waals surface area contributed by atoms with Gasteiger partial charge < -0.3 is 4.74 Å². The normalized spacial score (nSPS) is 38.1. The lowest BCUT2D eigenvalue weighted by Crippen LogP contribution is -2.14. The highest BCUT2D eigenvalue weighted by Gasteiger charge is 2.50. The Balaban J connectivity index is 2.23. The lowest BCUT2D eigenvalue weighted by molar-refractivity contribution is 0.103. The Hall–Kier alpha value is 0.250. The highest BCUT2D eigenvalue weighted by atomic mass is 35.5. The molecule has 0 aromatic heterocycles. The lowest BCUT2D eigenvalue weighted by Gasteiger charge is -2.11. The van der Waals surface area contributed by atoms with E-state index < -0.39 is 0 Å². The Labute approximate surface area is 67.7 Å². The summed E-state index contributed by atoms with van der Waals surface area (Å²) in [6.07, 6.45) is 1.25. The second-order valence-corrected chi connectivity index (χ2v) is 3.51. The summed E-state index contributed by atoms with van der Waals surface area (Å²) in [6.45, 7) is 5.93. The van der Waals surface area contributed by atoms with Crippen LogP contribution in [0.4, 0.5) is 0 Å². The van der Waals surface area contributed by atoms with Crippen molar-refractivity contribution in [3.63, 3.8) is 0 Å². The fourth-order valence-corrected chi connectivity index (χ4v) is 1.73. The van der Waals surface area contributed by atoms with E-state index in [1.807, 2.05) is 6.92 Å². The molecule has 0 aliphatic heterocycles. The molecule has 0 bridgehead atoms. The molecule has 10 heavy (non-hydrogen) atoms. The van der Waals surface area contributed by atoms with E-state index in [0.717, 1.165) is 25.0 Å². The van der Waals surface area contributed by atoms with Crippen molar-refractivity contribution in [3.8, 4) is 0 Å². The molecule has 0 amide bonds. The van der Waals surface area contributed by atoms with Crippen LogP contribution < -0.4 is 0 Å². The maximum Gasteiger partial charge on any atom is 0.0536 e. The third kappa shape index (κ3) is 1.46. The summed E-state index contributed by atoms with van der Waals surface area (Å²) in [5.41, 5.74) is 0.345. The molecule has 0 aromatic carbocycles. The highest BCUT2D eigenvalue weighted by Crippen LogP contribution is 2.53. The van der Waals surface area contributed by atoms with Crippen molar-refractivity contribution in [2.75, 3.05) is 19.1 Å². The number of hydrogen-bond acceptors (Lipinski definition) is 1. The number of ether oxygens (including phenoxy) is 1. The van der Waals surface area contributed by atoms with E-state index in [-0.39, 0.29) is 0 Å². The van der Waals surface area contributed by atoms with Crippen LogP contribution in [0.1, 0.15) is 20.3 Å². The molecule has 1 nitrogen and oxygen atoms in total. The van der Waals surface area contributed by atoms with Crippen molar-refractivity contribution in [1.29, 1.82) is 0 Å². The molecule has 0 N–H and O–H groups in total. The molecule has 1 rings (SSSR count). The van der Waals surface area contributed by atoms with Crippen molar-refractivity contribution in [1.82, 2.24) is 0 Å². The third-order valence-corrected chi connectivity index (χ3v) is 2.99. The number of alkyl halides is 1. The first-order valence-corrected chi connectivity index (χ1v) is 4.42. The van der Waals surface area contributed by atoms with Crippen LogP contribution in [-0.2, 0) is 4.74 Å². The third-order valence-electron chi connectivity index (χ3n) is 2.46. The molecule has 1 aliphatic carbocycles. The topological polar surface area (TPSA) is 9.23 Å². The minimum Gasteiger partial charge on any atom is -0.381 e. The largest absolute Gasteiger partial charge is 0.381 e. The molecule has 0 heterocycles. The van der Waals surface area contributed by atoms with Crippen LogP contribution in [0.25, 0.3) is 0 Å². The second kappa shape index (κ2) is 3.10. The van der Waals surface area contributed by atoms with E-state index in [1.54, 1.807) is 0 Å². The zero-order valence-electron chi connectivity index (χ0n) is 6.69. The smallest absolute Gasteiger partial charge is 0.0536 e. The predicted molar refractivity (Wildman–Crippen MR) is 43.4 cm³/mol. The van der Waals surface area contributed by atoms with Crippen molar-refractivity contribution in [3.05, 3.63) is 0 Å². The molecular formula is C8H15ClO. The summed E-state index contributed by atoms with van der Waals surface area (Å²) < 4.78 is 5.34. The van der Waals surface area contributed by atoms with Gasteiger partial charge in [0.1, 0.15) is 0 Å². The van der Waals surface area contributed by atoms with Gasteiger partial charge in [-0.25, -0.2) is 0 Å². The summed E-state index contributed by atoms with van der Waals surface area (Å²) in [4.78, 5) is 0. The quantitative estimate of drug-likeness (QED) is 0.577. The van der Waals surface area contributed by atoms with Gasteiger partial charge in [0.25, 0.3) is 0 Å². The molecule has 1 fully saturated rings. The van der Waals surface area contributed by atoms with Crippen LogP contribution in [0.2, 0.25) is 0 Å². The summed E-state index contributed by atoms with van der Waals surface area (Å²) in [6, 6.07) is 0. The van der Waals surface area contributed by atoms with E-state index in [9.17, 15) is 0 Å². The molecule has 0 spiro atoms. The minimum atomic E-state index is 0.345. The Morgan fingerprint density at radius 3 is 2.60 bits per heavy atom. The molecule has 0 radical (unpaired) electrons. The van der Waals surface area contributed by atoms with Gasteiger partial charge in [-0.1, -0.05) is 6.92 Å². The van der Waals surface area contributed by atoms with Crippen LogP contribution in [0.3, 0.4) is 0 Å². The van der Waals surface area contributed by atoms with Gasteiger partial charge in [-0.15, -0.1) is 11.6 Å². The highest BCUT2D eigenvalue weighted by molar-refractivity contribution is 6.18. The van der Waals surface area contributed by atoms with Crippen molar-refractivity contribution in [2.24, 2.45) is 11.3 Å². The van der Waals surface area contributed by atoms with Crippen LogP contribution >= 0.6 is 11.6 Å². The molecule has 1 saturated carbocycles. The first kappa shape index (κ1) is 8.35. The second-order valence-electron chi connectivity index (χ2n) is 3.24. The molecule has 60 valence electrons. The molecular weight excluding hydrogens is 148 g/mol. The van der Waals surface area contributed by atoms with E-state index >= 15 is 0 Å². The first-order valence-electron chi connectivity index (χ1n) is 3.89. The first-order chi connectivity index (χ1) is 4.75. The van der Waals surface area contributed by atoms with Gasteiger partial charge in [0.2, 0.25) is 0 Å². The van der Waals surface area contributed by atoms with E-state index in [4.69, 9.17) is 16.3 Å². The Kier molecular flexibility index (Phi) is 2.59. The summed E-state index contributed by atoms with van der Waals surface area (Å²) >= 11 is 5.81. The maximum absolute atomic E-state index is 5.81. The Morgan fingerprint density at radius 2 is 2.30 bits per heavy atom. The number of hydrogen-bond donors (Lipinski definition) is 0. The zero-order valence-corrected chi connectivity index (χ0v) is 7.45. The number of rotatable bonds is 4. The zero-order chi connectivity index (χ0) is 7.61. The average molecular weight is 163 g/mol. The van der Waals surface area contributed by atoms with Gasteiger partial charge >= 0.3 is 0 Å². The van der Waals surface area contributed by atoms with Crippen LogP contribution in [0, 0.1) is 11.3 Å². The molecule has 1 aliphatic rings. The van der Waals surface area contributed by atoms with Crippen molar-refractivity contribution >= 4 is 11.6 Å². The van der Waals surface area contributed by atoms with Gasteiger partial charge in [-0.3, -0.25) is 0 Å². The predicted octanol–water partition coefficient (Wildman–Crippen LogP) is 2.29. The summed E-state index contributed by atoms with van der Waals surface area (Å²) in [5, 5.41) is 0. The monoisotopic (exact) mass is 162 g/mol. The molecule has 0 aromatic rings. The molecule has 0 saturated heterocycles. The molecule has 2 heteroatoms. The standard InChI is InChI=1S/C8H15ClO/c1-3-10-6-8(5-9)4-7(8)2/h7H,3-6H2,1-2H3. The van der Waals surface area contributed by atoms with Crippen LogP contribution in [0.5, 0.6) is 0 Å². The Bertz CT molecular complexity index is 112. The fourth-order valence-electron chi connectivity index (χ4n) is 1.28. The summed E-state index contributed by atoms with van der Waals surface area (Å²) in [7, 11) is 0. The lowest BCUT2D eigenvalue weighted by atomic mass is 10.1. The fraction of sp³-hybridized carbons (Fsp3) is 1.00. The summed E-state index contributed by atoms with van der Waals surface area (Å²) in [5.74, 6) is 1.53. The Morgan fingerprint density at radius 1 is 1.70 bits per heavy atom.